The summed E-state index contributed by atoms with van der Waals surface area (Å²) in [6.07, 6.45) is 0.356. The fourth-order valence-electron chi connectivity index (χ4n) is 2.50. The number of carbonyl (C=O) groups excluding carboxylic acids is 2. The molecule has 26 heavy (non-hydrogen) atoms. The minimum absolute atomic E-state index is 0.0446. The fraction of sp³-hybridized carbons (Fsp3) is 0.333. The molecule has 0 unspecified atom stereocenters. The number of anilines is 1. The molecule has 0 saturated heterocycles. The van der Waals surface area contributed by atoms with Gasteiger partial charge in [-0.15, -0.1) is 0 Å². The van der Waals surface area contributed by atoms with E-state index in [-0.39, 0.29) is 24.3 Å². The van der Waals surface area contributed by atoms with Crippen molar-refractivity contribution in [3.8, 4) is 5.75 Å². The van der Waals surface area contributed by atoms with E-state index in [2.05, 4.69) is 5.32 Å². The van der Waals surface area contributed by atoms with Crippen LogP contribution in [0.25, 0.3) is 0 Å². The Balaban J connectivity index is 1.85. The molecular formula is C21H26N2O3. The van der Waals surface area contributed by atoms with Gasteiger partial charge in [0.15, 0.2) is 0 Å². The summed E-state index contributed by atoms with van der Waals surface area (Å²) >= 11 is 0. The van der Waals surface area contributed by atoms with E-state index >= 15 is 0 Å². The van der Waals surface area contributed by atoms with Crippen LogP contribution < -0.4 is 10.1 Å². The third-order valence-corrected chi connectivity index (χ3v) is 3.78. The number of hydrogen-bond acceptors (Lipinski definition) is 3. The third-order valence-electron chi connectivity index (χ3n) is 3.78. The maximum Gasteiger partial charge on any atom is 0.226 e. The molecule has 0 aliphatic heterocycles. The fourth-order valence-corrected chi connectivity index (χ4v) is 2.50. The highest BCUT2D eigenvalue weighted by molar-refractivity contribution is 5.91. The lowest BCUT2D eigenvalue weighted by atomic mass is 10.2. The average Bonchev–Trinajstić information content (AvgIpc) is 2.60. The first-order valence-corrected chi connectivity index (χ1v) is 8.80. The summed E-state index contributed by atoms with van der Waals surface area (Å²) in [5, 5.41) is 2.85. The molecule has 5 nitrogen and oxygen atoms in total. The molecule has 0 saturated carbocycles. The molecule has 0 bridgehead atoms. The molecule has 2 aromatic carbocycles. The van der Waals surface area contributed by atoms with Gasteiger partial charge in [-0.05, 0) is 43.7 Å². The minimum Gasteiger partial charge on any atom is -0.491 e. The smallest absolute Gasteiger partial charge is 0.226 e. The van der Waals surface area contributed by atoms with Crippen molar-refractivity contribution in [2.45, 2.75) is 39.8 Å². The number of hydrogen-bond donors (Lipinski definition) is 1. The van der Waals surface area contributed by atoms with Gasteiger partial charge in [0.1, 0.15) is 5.75 Å². The van der Waals surface area contributed by atoms with Crippen LogP contribution in [0.1, 0.15) is 32.8 Å². The topological polar surface area (TPSA) is 58.6 Å². The van der Waals surface area contributed by atoms with Gasteiger partial charge in [0, 0.05) is 32.1 Å². The Morgan fingerprint density at radius 3 is 2.27 bits per heavy atom. The first-order chi connectivity index (χ1) is 12.4. The second-order valence-corrected chi connectivity index (χ2v) is 6.42. The molecule has 5 heteroatoms. The minimum atomic E-state index is -0.123. The van der Waals surface area contributed by atoms with Crippen molar-refractivity contribution >= 4 is 17.5 Å². The second-order valence-electron chi connectivity index (χ2n) is 6.42. The summed E-state index contributed by atoms with van der Waals surface area (Å²) in [6.45, 7) is 6.33. The highest BCUT2D eigenvalue weighted by atomic mass is 16.5. The van der Waals surface area contributed by atoms with E-state index in [1.807, 2.05) is 68.4 Å². The predicted octanol–water partition coefficient (Wildman–Crippen LogP) is 3.85. The Kier molecular flexibility index (Phi) is 7.21. The van der Waals surface area contributed by atoms with Gasteiger partial charge in [-0.2, -0.15) is 0 Å². The molecule has 0 aliphatic rings. The largest absolute Gasteiger partial charge is 0.491 e. The van der Waals surface area contributed by atoms with Crippen LogP contribution in [0.3, 0.4) is 0 Å². The first-order valence-electron chi connectivity index (χ1n) is 8.80. The number of rotatable bonds is 8. The zero-order valence-electron chi connectivity index (χ0n) is 15.6. The molecule has 2 amide bonds. The molecule has 0 aliphatic carbocycles. The number of carbonyl (C=O) groups is 2. The predicted molar refractivity (Wildman–Crippen MR) is 103 cm³/mol. The lowest BCUT2D eigenvalue weighted by molar-refractivity contribution is -0.129. The number of nitrogens with one attached hydrogen (secondary N) is 1. The van der Waals surface area contributed by atoms with Crippen molar-refractivity contribution in [3.05, 3.63) is 60.2 Å². The highest BCUT2D eigenvalue weighted by Gasteiger charge is 2.12. The zero-order chi connectivity index (χ0) is 18.9. The summed E-state index contributed by atoms with van der Waals surface area (Å²) in [6, 6.07) is 17.0. The Morgan fingerprint density at radius 2 is 1.69 bits per heavy atom. The molecule has 0 aromatic heterocycles. The molecule has 0 heterocycles. The summed E-state index contributed by atoms with van der Waals surface area (Å²) < 4.78 is 5.58. The molecular weight excluding hydrogens is 328 g/mol. The van der Waals surface area contributed by atoms with Crippen molar-refractivity contribution in [1.82, 2.24) is 4.90 Å². The van der Waals surface area contributed by atoms with Gasteiger partial charge in [-0.1, -0.05) is 30.3 Å². The molecule has 0 fully saturated rings. The van der Waals surface area contributed by atoms with Gasteiger partial charge in [-0.3, -0.25) is 9.59 Å². The van der Waals surface area contributed by atoms with Crippen LogP contribution in [0, 0.1) is 0 Å². The van der Waals surface area contributed by atoms with E-state index in [0.717, 1.165) is 11.3 Å². The number of ether oxygens (including phenoxy) is 1. The first kappa shape index (κ1) is 19.5. The lowest BCUT2D eigenvalue weighted by Crippen LogP contribution is -2.31. The number of benzene rings is 2. The standard InChI is InChI=1S/C21H26N2O3/c1-16(2)26-20-11-9-19(10-12-20)22-21(25)13-14-23(17(3)24)15-18-7-5-4-6-8-18/h4-12,16H,13-15H2,1-3H3,(H,22,25). The maximum absolute atomic E-state index is 12.2. The van der Waals surface area contributed by atoms with Crippen LogP contribution in [0.15, 0.2) is 54.6 Å². The average molecular weight is 354 g/mol. The van der Waals surface area contributed by atoms with Gasteiger partial charge in [0.2, 0.25) is 11.8 Å². The molecule has 0 atom stereocenters. The molecule has 0 spiro atoms. The van der Waals surface area contributed by atoms with Crippen LogP contribution in [-0.2, 0) is 16.1 Å². The van der Waals surface area contributed by atoms with E-state index in [9.17, 15) is 9.59 Å². The van der Waals surface area contributed by atoms with Crippen molar-refractivity contribution in [2.24, 2.45) is 0 Å². The van der Waals surface area contributed by atoms with Gasteiger partial charge in [0.25, 0.3) is 0 Å². The Hall–Kier alpha value is -2.82. The monoisotopic (exact) mass is 354 g/mol. The molecule has 1 N–H and O–H groups in total. The summed E-state index contributed by atoms with van der Waals surface area (Å²) in [5.74, 6) is 0.599. The van der Waals surface area contributed by atoms with Crippen LogP contribution in [-0.4, -0.2) is 29.4 Å². The molecule has 0 radical (unpaired) electrons. The zero-order valence-corrected chi connectivity index (χ0v) is 15.6. The molecule has 2 rings (SSSR count). The number of amides is 2. The summed E-state index contributed by atoms with van der Waals surface area (Å²) in [5.41, 5.74) is 1.76. The van der Waals surface area contributed by atoms with E-state index in [1.165, 1.54) is 6.92 Å². The third kappa shape index (κ3) is 6.59. The van der Waals surface area contributed by atoms with Crippen molar-refractivity contribution < 1.29 is 14.3 Å². The van der Waals surface area contributed by atoms with Crippen LogP contribution in [0.4, 0.5) is 5.69 Å². The Labute approximate surface area is 155 Å². The Bertz CT molecular complexity index is 712. The van der Waals surface area contributed by atoms with Crippen molar-refractivity contribution in [2.75, 3.05) is 11.9 Å². The van der Waals surface area contributed by atoms with Crippen LogP contribution in [0.5, 0.6) is 5.75 Å². The van der Waals surface area contributed by atoms with E-state index < -0.39 is 0 Å². The van der Waals surface area contributed by atoms with E-state index in [1.54, 1.807) is 4.90 Å². The number of nitrogens with zero attached hydrogens (tertiary/aromatic N) is 1. The molecule has 138 valence electrons. The quantitative estimate of drug-likeness (QED) is 0.783. The van der Waals surface area contributed by atoms with Crippen LogP contribution >= 0.6 is 0 Å². The van der Waals surface area contributed by atoms with Gasteiger partial charge in [0.05, 0.1) is 6.10 Å². The lowest BCUT2D eigenvalue weighted by Gasteiger charge is -2.21. The van der Waals surface area contributed by atoms with E-state index in [4.69, 9.17) is 4.74 Å². The highest BCUT2D eigenvalue weighted by Crippen LogP contribution is 2.17. The van der Waals surface area contributed by atoms with Gasteiger partial charge >= 0.3 is 0 Å². The Morgan fingerprint density at radius 1 is 1.04 bits per heavy atom. The van der Waals surface area contributed by atoms with Gasteiger partial charge < -0.3 is 15.0 Å². The SMILES string of the molecule is CC(=O)N(CCC(=O)Nc1ccc(OC(C)C)cc1)Cc1ccccc1. The van der Waals surface area contributed by atoms with Crippen molar-refractivity contribution in [3.63, 3.8) is 0 Å². The molecule has 2 aromatic rings. The summed E-state index contributed by atoms with van der Waals surface area (Å²) in [4.78, 5) is 25.7. The second kappa shape index (κ2) is 9.61. The van der Waals surface area contributed by atoms with Crippen molar-refractivity contribution in [1.29, 1.82) is 0 Å². The van der Waals surface area contributed by atoms with Gasteiger partial charge in [-0.25, -0.2) is 0 Å². The van der Waals surface area contributed by atoms with Crippen LogP contribution in [0.2, 0.25) is 0 Å². The summed E-state index contributed by atoms with van der Waals surface area (Å²) in [7, 11) is 0. The maximum atomic E-state index is 12.2. The van der Waals surface area contributed by atoms with E-state index in [0.29, 0.717) is 18.8 Å². The normalized spacial score (nSPS) is 10.5.